The Morgan fingerprint density at radius 3 is 2.81 bits per heavy atom. The molecule has 4 nitrogen and oxygen atoms in total. The van der Waals surface area contributed by atoms with Crippen LogP contribution >= 0.6 is 11.6 Å². The van der Waals surface area contributed by atoms with E-state index in [-0.39, 0.29) is 24.8 Å². The molecule has 1 aromatic rings. The standard InChI is InChI=1S/C13H10ClF3N2O2/c14-8-1-2-10(11(5-8)13(15,16)17)12(20)19-3-4-21-7-9(19)6-18/h1-2,5,9H,3-4,7H2. The second kappa shape index (κ2) is 5.92. The van der Waals surface area contributed by atoms with Gasteiger partial charge in [-0.2, -0.15) is 18.4 Å². The molecule has 21 heavy (non-hydrogen) atoms. The third kappa shape index (κ3) is 3.28. The molecule has 1 heterocycles. The van der Waals surface area contributed by atoms with Crippen LogP contribution < -0.4 is 0 Å². The van der Waals surface area contributed by atoms with Crippen LogP contribution in [0.1, 0.15) is 15.9 Å². The lowest BCUT2D eigenvalue weighted by atomic mass is 10.0. The Kier molecular flexibility index (Phi) is 4.40. The molecule has 1 fully saturated rings. The van der Waals surface area contributed by atoms with Crippen LogP contribution in [-0.4, -0.2) is 36.6 Å². The molecule has 1 saturated heterocycles. The van der Waals surface area contributed by atoms with Crippen LogP contribution in [0.5, 0.6) is 0 Å². The van der Waals surface area contributed by atoms with Gasteiger partial charge in [0.05, 0.1) is 30.4 Å². The summed E-state index contributed by atoms with van der Waals surface area (Å²) in [5.41, 5.74) is -1.63. The maximum atomic E-state index is 13.0. The van der Waals surface area contributed by atoms with Crippen molar-refractivity contribution in [1.29, 1.82) is 5.26 Å². The van der Waals surface area contributed by atoms with Crippen molar-refractivity contribution >= 4 is 17.5 Å². The summed E-state index contributed by atoms with van der Waals surface area (Å²) in [5, 5.41) is 8.85. The second-order valence-corrected chi connectivity index (χ2v) is 4.84. The summed E-state index contributed by atoms with van der Waals surface area (Å²) in [6.45, 7) is 0.229. The fraction of sp³-hybridized carbons (Fsp3) is 0.385. The molecule has 112 valence electrons. The molecular weight excluding hydrogens is 309 g/mol. The molecule has 0 saturated carbocycles. The van der Waals surface area contributed by atoms with Crippen LogP contribution in [0.15, 0.2) is 18.2 Å². The summed E-state index contributed by atoms with van der Waals surface area (Å²) in [6.07, 6.45) is -4.70. The lowest BCUT2D eigenvalue weighted by molar-refractivity contribution is -0.138. The highest BCUT2D eigenvalue weighted by atomic mass is 35.5. The third-order valence-electron chi connectivity index (χ3n) is 3.06. The van der Waals surface area contributed by atoms with E-state index in [0.717, 1.165) is 11.0 Å². The van der Waals surface area contributed by atoms with E-state index in [1.54, 1.807) is 0 Å². The summed E-state index contributed by atoms with van der Waals surface area (Å²) in [6, 6.07) is 3.89. The largest absolute Gasteiger partial charge is 0.417 e. The first-order valence-corrected chi connectivity index (χ1v) is 6.37. The van der Waals surface area contributed by atoms with E-state index in [4.69, 9.17) is 21.6 Å². The molecule has 1 amide bonds. The van der Waals surface area contributed by atoms with Crippen molar-refractivity contribution in [1.82, 2.24) is 4.90 Å². The molecule has 1 unspecified atom stereocenters. The van der Waals surface area contributed by atoms with Gasteiger partial charge >= 0.3 is 6.18 Å². The summed E-state index contributed by atoms with van der Waals surface area (Å²) in [4.78, 5) is 13.4. The molecular formula is C13H10ClF3N2O2. The molecule has 0 N–H and O–H groups in total. The van der Waals surface area contributed by atoms with Gasteiger partial charge in [0.2, 0.25) is 0 Å². The number of hydrogen-bond donors (Lipinski definition) is 0. The number of hydrogen-bond acceptors (Lipinski definition) is 3. The first-order chi connectivity index (χ1) is 9.84. The molecule has 0 radical (unpaired) electrons. The first-order valence-electron chi connectivity index (χ1n) is 5.99. The first kappa shape index (κ1) is 15.6. The fourth-order valence-electron chi connectivity index (χ4n) is 2.05. The van der Waals surface area contributed by atoms with E-state index >= 15 is 0 Å². The van der Waals surface area contributed by atoms with Crippen molar-refractivity contribution in [2.75, 3.05) is 19.8 Å². The predicted molar refractivity (Wildman–Crippen MR) is 67.7 cm³/mol. The Bertz CT molecular complexity index is 598. The minimum absolute atomic E-state index is 0.0167. The van der Waals surface area contributed by atoms with Crippen molar-refractivity contribution in [2.45, 2.75) is 12.2 Å². The third-order valence-corrected chi connectivity index (χ3v) is 3.29. The maximum Gasteiger partial charge on any atom is 0.417 e. The number of benzene rings is 1. The summed E-state index contributed by atoms with van der Waals surface area (Å²) in [7, 11) is 0. The normalized spacial score (nSPS) is 19.2. The van der Waals surface area contributed by atoms with Crippen LogP contribution in [0.4, 0.5) is 13.2 Å². The van der Waals surface area contributed by atoms with Crippen molar-refractivity contribution in [3.05, 3.63) is 34.3 Å². The number of rotatable bonds is 1. The average molecular weight is 319 g/mol. The monoisotopic (exact) mass is 318 g/mol. The van der Waals surface area contributed by atoms with E-state index in [2.05, 4.69) is 0 Å². The van der Waals surface area contributed by atoms with E-state index in [0.29, 0.717) is 6.07 Å². The van der Waals surface area contributed by atoms with Crippen LogP contribution in [0.25, 0.3) is 0 Å². The number of morpholine rings is 1. The molecule has 0 spiro atoms. The number of carbonyl (C=O) groups is 1. The zero-order valence-corrected chi connectivity index (χ0v) is 11.4. The molecule has 8 heteroatoms. The SMILES string of the molecule is N#CC1COCCN1C(=O)c1ccc(Cl)cc1C(F)(F)F. The number of alkyl halides is 3. The van der Waals surface area contributed by atoms with Gasteiger partial charge in [0.1, 0.15) is 6.04 Å². The smallest absolute Gasteiger partial charge is 0.376 e. The fourth-order valence-corrected chi connectivity index (χ4v) is 2.22. The lowest BCUT2D eigenvalue weighted by Gasteiger charge is -2.32. The quantitative estimate of drug-likeness (QED) is 0.800. The lowest BCUT2D eigenvalue weighted by Crippen LogP contribution is -2.48. The highest BCUT2D eigenvalue weighted by molar-refractivity contribution is 6.30. The summed E-state index contributed by atoms with van der Waals surface area (Å²) >= 11 is 5.57. The Morgan fingerprint density at radius 2 is 2.19 bits per heavy atom. The van der Waals surface area contributed by atoms with Crippen molar-refractivity contribution < 1.29 is 22.7 Å². The van der Waals surface area contributed by atoms with Gasteiger partial charge in [0.15, 0.2) is 0 Å². The molecule has 1 atom stereocenters. The van der Waals surface area contributed by atoms with Gasteiger partial charge in [0.25, 0.3) is 5.91 Å². The van der Waals surface area contributed by atoms with Gasteiger partial charge in [-0.1, -0.05) is 11.6 Å². The number of halogens is 4. The molecule has 1 aromatic carbocycles. The minimum Gasteiger partial charge on any atom is -0.376 e. The highest BCUT2D eigenvalue weighted by Crippen LogP contribution is 2.34. The molecule has 1 aliphatic heterocycles. The van der Waals surface area contributed by atoms with Gasteiger partial charge < -0.3 is 9.64 Å². The van der Waals surface area contributed by atoms with E-state index < -0.39 is 29.3 Å². The van der Waals surface area contributed by atoms with Gasteiger partial charge in [0, 0.05) is 11.6 Å². The average Bonchev–Trinajstić information content (AvgIpc) is 2.45. The molecule has 0 aromatic heterocycles. The van der Waals surface area contributed by atoms with E-state index in [1.165, 1.54) is 6.07 Å². The number of amides is 1. The van der Waals surface area contributed by atoms with Crippen LogP contribution in [0.3, 0.4) is 0 Å². The van der Waals surface area contributed by atoms with Gasteiger partial charge in [-0.05, 0) is 18.2 Å². The van der Waals surface area contributed by atoms with Crippen molar-refractivity contribution in [3.8, 4) is 6.07 Å². The zero-order valence-electron chi connectivity index (χ0n) is 10.7. The number of nitriles is 1. The van der Waals surface area contributed by atoms with E-state index in [1.807, 2.05) is 6.07 Å². The van der Waals surface area contributed by atoms with Crippen molar-refractivity contribution in [2.24, 2.45) is 0 Å². The minimum atomic E-state index is -4.70. The van der Waals surface area contributed by atoms with Gasteiger partial charge in [-0.25, -0.2) is 0 Å². The van der Waals surface area contributed by atoms with Crippen LogP contribution in [-0.2, 0) is 10.9 Å². The highest BCUT2D eigenvalue weighted by Gasteiger charge is 2.38. The molecule has 2 rings (SSSR count). The summed E-state index contributed by atoms with van der Waals surface area (Å²) < 4.78 is 44.1. The van der Waals surface area contributed by atoms with Crippen LogP contribution in [0, 0.1) is 11.3 Å². The Balaban J connectivity index is 2.42. The predicted octanol–water partition coefficient (Wildman–Crippen LogP) is 2.72. The van der Waals surface area contributed by atoms with Gasteiger partial charge in [-0.3, -0.25) is 4.79 Å². The maximum absolute atomic E-state index is 13.0. The Labute approximate surface area is 123 Å². The number of carbonyl (C=O) groups excluding carboxylic acids is 1. The number of ether oxygens (including phenoxy) is 1. The Morgan fingerprint density at radius 1 is 1.48 bits per heavy atom. The molecule has 0 bridgehead atoms. The molecule has 0 aliphatic carbocycles. The molecule has 1 aliphatic rings. The summed E-state index contributed by atoms with van der Waals surface area (Å²) in [5.74, 6) is -0.853. The zero-order chi connectivity index (χ0) is 15.6. The topological polar surface area (TPSA) is 53.3 Å². The van der Waals surface area contributed by atoms with Crippen LogP contribution in [0.2, 0.25) is 5.02 Å². The second-order valence-electron chi connectivity index (χ2n) is 4.41. The number of nitrogens with zero attached hydrogens (tertiary/aromatic N) is 2. The van der Waals surface area contributed by atoms with Crippen molar-refractivity contribution in [3.63, 3.8) is 0 Å². The van der Waals surface area contributed by atoms with E-state index in [9.17, 15) is 18.0 Å². The Hall–Kier alpha value is -1.78. The van der Waals surface area contributed by atoms with Gasteiger partial charge in [-0.15, -0.1) is 0 Å².